The van der Waals surface area contributed by atoms with Crippen LogP contribution in [-0.4, -0.2) is 12.6 Å². The molecule has 1 aliphatic carbocycles. The van der Waals surface area contributed by atoms with Crippen molar-refractivity contribution in [1.29, 1.82) is 0 Å². The van der Waals surface area contributed by atoms with E-state index in [1.54, 1.807) is 0 Å². The molecule has 2 nitrogen and oxygen atoms in total. The Hall–Kier alpha value is -0.0800. The quantitative estimate of drug-likeness (QED) is 0.533. The Kier molecular flexibility index (Phi) is 3.16. The Balaban J connectivity index is 2.30. The summed E-state index contributed by atoms with van der Waals surface area (Å²) in [4.78, 5) is 0. The minimum Gasteiger partial charge on any atom is -0.330 e. The lowest BCUT2D eigenvalue weighted by Crippen LogP contribution is -2.24. The van der Waals surface area contributed by atoms with Crippen molar-refractivity contribution in [3.8, 4) is 0 Å². The molecule has 10 heavy (non-hydrogen) atoms. The zero-order chi connectivity index (χ0) is 7.40. The molecule has 0 heterocycles. The molecule has 2 unspecified atom stereocenters. The van der Waals surface area contributed by atoms with E-state index in [0.29, 0.717) is 12.0 Å². The summed E-state index contributed by atoms with van der Waals surface area (Å²) < 4.78 is 0. The van der Waals surface area contributed by atoms with E-state index in [4.69, 9.17) is 11.5 Å². The fourth-order valence-electron chi connectivity index (χ4n) is 1.72. The molecular weight excluding hydrogens is 124 g/mol. The van der Waals surface area contributed by atoms with Gasteiger partial charge < -0.3 is 11.5 Å². The molecule has 0 aliphatic heterocycles. The molecule has 1 fully saturated rings. The SMILES string of the molecule is NCC1CCCCC(N)C1. The van der Waals surface area contributed by atoms with Crippen molar-refractivity contribution in [1.82, 2.24) is 0 Å². The van der Waals surface area contributed by atoms with Gasteiger partial charge in [0.05, 0.1) is 0 Å². The van der Waals surface area contributed by atoms with Crippen LogP contribution in [0.15, 0.2) is 0 Å². The number of hydrogen-bond acceptors (Lipinski definition) is 2. The lowest BCUT2D eigenvalue weighted by molar-refractivity contribution is 0.442. The highest BCUT2D eigenvalue weighted by Gasteiger charge is 2.15. The van der Waals surface area contributed by atoms with Crippen LogP contribution in [0.4, 0.5) is 0 Å². The van der Waals surface area contributed by atoms with E-state index in [0.717, 1.165) is 13.0 Å². The summed E-state index contributed by atoms with van der Waals surface area (Å²) >= 11 is 0. The van der Waals surface area contributed by atoms with Crippen LogP contribution in [0.25, 0.3) is 0 Å². The van der Waals surface area contributed by atoms with Gasteiger partial charge in [0.2, 0.25) is 0 Å². The van der Waals surface area contributed by atoms with Crippen LogP contribution in [-0.2, 0) is 0 Å². The second-order valence-electron chi connectivity index (χ2n) is 3.38. The van der Waals surface area contributed by atoms with Gasteiger partial charge in [0.25, 0.3) is 0 Å². The third kappa shape index (κ3) is 2.27. The highest BCUT2D eigenvalue weighted by atomic mass is 14.6. The first-order valence-corrected chi connectivity index (χ1v) is 4.28. The Morgan fingerprint density at radius 1 is 1.20 bits per heavy atom. The van der Waals surface area contributed by atoms with E-state index in [1.165, 1.54) is 25.7 Å². The van der Waals surface area contributed by atoms with Crippen molar-refractivity contribution in [3.05, 3.63) is 0 Å². The van der Waals surface area contributed by atoms with Crippen LogP contribution >= 0.6 is 0 Å². The predicted octanol–water partition coefficient (Wildman–Crippen LogP) is 0.853. The van der Waals surface area contributed by atoms with Gasteiger partial charge >= 0.3 is 0 Å². The van der Waals surface area contributed by atoms with Gasteiger partial charge in [0.15, 0.2) is 0 Å². The zero-order valence-corrected chi connectivity index (χ0v) is 6.55. The minimum atomic E-state index is 0.427. The summed E-state index contributed by atoms with van der Waals surface area (Å²) in [6.07, 6.45) is 6.28. The second kappa shape index (κ2) is 3.94. The summed E-state index contributed by atoms with van der Waals surface area (Å²) in [6, 6.07) is 0.427. The van der Waals surface area contributed by atoms with Gasteiger partial charge in [-0.2, -0.15) is 0 Å². The van der Waals surface area contributed by atoms with Crippen molar-refractivity contribution in [3.63, 3.8) is 0 Å². The molecule has 2 heteroatoms. The van der Waals surface area contributed by atoms with Gasteiger partial charge in [-0.25, -0.2) is 0 Å². The fourth-order valence-corrected chi connectivity index (χ4v) is 1.72. The highest BCUT2D eigenvalue weighted by Crippen LogP contribution is 2.20. The summed E-state index contributed by atoms with van der Waals surface area (Å²) in [6.45, 7) is 0.827. The minimum absolute atomic E-state index is 0.427. The molecule has 4 N–H and O–H groups in total. The van der Waals surface area contributed by atoms with Crippen LogP contribution in [0.2, 0.25) is 0 Å². The predicted molar refractivity (Wildman–Crippen MR) is 43.6 cm³/mol. The molecule has 0 radical (unpaired) electrons. The molecule has 0 aromatic heterocycles. The van der Waals surface area contributed by atoms with Gasteiger partial charge in [-0.15, -0.1) is 0 Å². The monoisotopic (exact) mass is 142 g/mol. The first kappa shape index (κ1) is 8.02. The number of nitrogens with two attached hydrogens (primary N) is 2. The molecule has 0 aromatic rings. The van der Waals surface area contributed by atoms with Gasteiger partial charge in [-0.3, -0.25) is 0 Å². The van der Waals surface area contributed by atoms with Gasteiger partial charge in [0.1, 0.15) is 0 Å². The maximum Gasteiger partial charge on any atom is 0.00419 e. The maximum absolute atomic E-state index is 5.85. The van der Waals surface area contributed by atoms with Crippen molar-refractivity contribution in [2.45, 2.75) is 38.1 Å². The molecule has 60 valence electrons. The van der Waals surface area contributed by atoms with E-state index >= 15 is 0 Å². The van der Waals surface area contributed by atoms with E-state index in [2.05, 4.69) is 0 Å². The summed E-state index contributed by atoms with van der Waals surface area (Å²) in [5.74, 6) is 0.706. The first-order valence-electron chi connectivity index (χ1n) is 4.28. The van der Waals surface area contributed by atoms with Gasteiger partial charge in [-0.1, -0.05) is 12.8 Å². The average Bonchev–Trinajstić information content (AvgIpc) is 2.13. The smallest absolute Gasteiger partial charge is 0.00419 e. The van der Waals surface area contributed by atoms with Crippen LogP contribution in [0, 0.1) is 5.92 Å². The third-order valence-electron chi connectivity index (χ3n) is 2.41. The Bertz CT molecular complexity index is 93.3. The first-order chi connectivity index (χ1) is 4.83. The van der Waals surface area contributed by atoms with Crippen LogP contribution in [0.1, 0.15) is 32.1 Å². The van der Waals surface area contributed by atoms with Gasteiger partial charge in [0, 0.05) is 6.04 Å². The van der Waals surface area contributed by atoms with Gasteiger partial charge in [-0.05, 0) is 31.7 Å². The van der Waals surface area contributed by atoms with Crippen molar-refractivity contribution < 1.29 is 0 Å². The lowest BCUT2D eigenvalue weighted by Gasteiger charge is -2.13. The molecule has 0 aromatic carbocycles. The molecule has 1 rings (SSSR count). The molecule has 0 amide bonds. The topological polar surface area (TPSA) is 52.0 Å². The molecule has 0 bridgehead atoms. The number of hydrogen-bond donors (Lipinski definition) is 2. The Labute approximate surface area is 63.0 Å². The molecule has 1 aliphatic rings. The summed E-state index contributed by atoms with van der Waals surface area (Å²) in [5, 5.41) is 0. The summed E-state index contributed by atoms with van der Waals surface area (Å²) in [7, 11) is 0. The van der Waals surface area contributed by atoms with Crippen LogP contribution < -0.4 is 11.5 Å². The highest BCUT2D eigenvalue weighted by molar-refractivity contribution is 4.73. The maximum atomic E-state index is 5.85. The molecule has 2 atom stereocenters. The molecule has 0 saturated heterocycles. The van der Waals surface area contributed by atoms with E-state index in [9.17, 15) is 0 Å². The normalized spacial score (nSPS) is 35.4. The standard InChI is InChI=1S/C8H18N2/c9-6-7-3-1-2-4-8(10)5-7/h7-8H,1-6,9-10H2. The molecular formula is C8H18N2. The second-order valence-corrected chi connectivity index (χ2v) is 3.38. The van der Waals surface area contributed by atoms with Crippen LogP contribution in [0.3, 0.4) is 0 Å². The third-order valence-corrected chi connectivity index (χ3v) is 2.41. The van der Waals surface area contributed by atoms with Crippen molar-refractivity contribution in [2.24, 2.45) is 17.4 Å². The summed E-state index contributed by atoms with van der Waals surface area (Å²) in [5.41, 5.74) is 11.4. The van der Waals surface area contributed by atoms with Crippen LogP contribution in [0.5, 0.6) is 0 Å². The lowest BCUT2D eigenvalue weighted by atomic mass is 9.99. The fraction of sp³-hybridized carbons (Fsp3) is 1.00. The molecule has 1 saturated carbocycles. The molecule has 0 spiro atoms. The number of rotatable bonds is 1. The zero-order valence-electron chi connectivity index (χ0n) is 6.55. The Morgan fingerprint density at radius 3 is 2.60 bits per heavy atom. The largest absolute Gasteiger partial charge is 0.330 e. The van der Waals surface area contributed by atoms with Crippen molar-refractivity contribution in [2.75, 3.05) is 6.54 Å². The van der Waals surface area contributed by atoms with E-state index in [1.807, 2.05) is 0 Å². The Morgan fingerprint density at radius 2 is 1.90 bits per heavy atom. The van der Waals surface area contributed by atoms with E-state index < -0.39 is 0 Å². The average molecular weight is 142 g/mol. The van der Waals surface area contributed by atoms with Crippen molar-refractivity contribution >= 4 is 0 Å². The van der Waals surface area contributed by atoms with E-state index in [-0.39, 0.29) is 0 Å².